The van der Waals surface area contributed by atoms with Crippen LogP contribution in [-0.4, -0.2) is 23.1 Å². The molecule has 0 amide bonds. The highest BCUT2D eigenvalue weighted by atomic mass is 24.3. The van der Waals surface area contributed by atoms with Crippen molar-refractivity contribution in [2.45, 2.75) is 19.8 Å². The van der Waals surface area contributed by atoms with Crippen molar-refractivity contribution in [3.05, 3.63) is 0 Å². The van der Waals surface area contributed by atoms with E-state index in [4.69, 9.17) is 6.42 Å². The molecule has 0 heterocycles. The second kappa shape index (κ2) is 9.01. The normalized spacial score (nSPS) is 5.33. The van der Waals surface area contributed by atoms with E-state index in [-0.39, 0.29) is 23.1 Å². The summed E-state index contributed by atoms with van der Waals surface area (Å²) in [4.78, 5) is 0. The number of hydrogen-bond acceptors (Lipinski definition) is 0. The lowest BCUT2D eigenvalue weighted by Crippen LogP contribution is -1.53. The minimum absolute atomic E-state index is 0. The Balaban J connectivity index is 0. The zero-order valence-corrected chi connectivity index (χ0v) is 3.49. The Morgan fingerprint density at radius 3 is 2.17 bits per heavy atom. The fourth-order valence-corrected chi connectivity index (χ4v) is 0.144. The maximum absolute atomic E-state index is 4.89. The van der Waals surface area contributed by atoms with Gasteiger partial charge in [-0.3, -0.25) is 0 Å². The molecule has 1 heteroatoms. The molecule has 32 valence electrons. The van der Waals surface area contributed by atoms with E-state index in [1.807, 2.05) is 0 Å². The standard InChI is InChI=1S/C5H8.Mg.2H/c1-3-5-4-2;;;/h1H,4-5H2,2H3;;;. The smallest absolute Gasteiger partial charge is 0.120 e. The highest BCUT2D eigenvalue weighted by molar-refractivity contribution is 5.75. The fourth-order valence-electron chi connectivity index (χ4n) is 0.144. The number of rotatable bonds is 1. The molecular weight excluding hydrogens is 84.4 g/mol. The van der Waals surface area contributed by atoms with Crippen molar-refractivity contribution < 1.29 is 0 Å². The summed E-state index contributed by atoms with van der Waals surface area (Å²) in [5.41, 5.74) is 0. The minimum Gasteiger partial charge on any atom is -0.120 e. The van der Waals surface area contributed by atoms with Gasteiger partial charge < -0.3 is 0 Å². The molecule has 0 bridgehead atoms. The quantitative estimate of drug-likeness (QED) is 0.328. The van der Waals surface area contributed by atoms with Crippen LogP contribution in [0.3, 0.4) is 0 Å². The van der Waals surface area contributed by atoms with Crippen molar-refractivity contribution >= 4 is 23.1 Å². The van der Waals surface area contributed by atoms with Crippen LogP contribution < -0.4 is 0 Å². The fraction of sp³-hybridized carbons (Fsp3) is 0.600. The monoisotopic (exact) mass is 94.1 g/mol. The molecule has 0 saturated heterocycles. The molecular formula is C5H10Mg. The van der Waals surface area contributed by atoms with Crippen LogP contribution in [0.1, 0.15) is 19.8 Å². The topological polar surface area (TPSA) is 0 Å². The van der Waals surface area contributed by atoms with E-state index < -0.39 is 0 Å². The van der Waals surface area contributed by atoms with Crippen LogP contribution in [0.4, 0.5) is 0 Å². The summed E-state index contributed by atoms with van der Waals surface area (Å²) in [6.45, 7) is 2.07. The van der Waals surface area contributed by atoms with Crippen molar-refractivity contribution in [1.29, 1.82) is 0 Å². The third-order valence-electron chi connectivity index (χ3n) is 0.394. The Hall–Kier alpha value is 0.326. The second-order valence-corrected chi connectivity index (χ2v) is 0.954. The minimum atomic E-state index is 0. The highest BCUT2D eigenvalue weighted by Gasteiger charge is 1.61. The molecule has 0 saturated carbocycles. The zero-order chi connectivity index (χ0) is 4.12. The lowest BCUT2D eigenvalue weighted by atomic mass is 10.4. The van der Waals surface area contributed by atoms with E-state index in [1.165, 1.54) is 0 Å². The van der Waals surface area contributed by atoms with Gasteiger partial charge in [0, 0.05) is 6.42 Å². The predicted octanol–water partition coefficient (Wildman–Crippen LogP) is 0.503. The molecule has 0 aromatic heterocycles. The van der Waals surface area contributed by atoms with E-state index in [1.54, 1.807) is 0 Å². The molecule has 0 aliphatic carbocycles. The highest BCUT2D eigenvalue weighted by Crippen LogP contribution is 1.77. The summed E-state index contributed by atoms with van der Waals surface area (Å²) in [5, 5.41) is 0. The molecule has 0 radical (unpaired) electrons. The van der Waals surface area contributed by atoms with E-state index >= 15 is 0 Å². The van der Waals surface area contributed by atoms with Gasteiger partial charge in [-0.25, -0.2) is 0 Å². The van der Waals surface area contributed by atoms with Crippen molar-refractivity contribution in [2.24, 2.45) is 0 Å². The first-order chi connectivity index (χ1) is 2.41. The van der Waals surface area contributed by atoms with Crippen molar-refractivity contribution in [1.82, 2.24) is 0 Å². The zero-order valence-electron chi connectivity index (χ0n) is 3.49. The molecule has 0 aliphatic heterocycles. The molecule has 0 fully saturated rings. The molecule has 0 nitrogen and oxygen atoms in total. The summed E-state index contributed by atoms with van der Waals surface area (Å²) in [5.74, 6) is 2.52. The van der Waals surface area contributed by atoms with Crippen LogP contribution in [0.2, 0.25) is 0 Å². The van der Waals surface area contributed by atoms with Gasteiger partial charge in [0.15, 0.2) is 0 Å². The third kappa shape index (κ3) is 8.85. The molecule has 0 unspecified atom stereocenters. The molecule has 0 aromatic rings. The first-order valence-corrected chi connectivity index (χ1v) is 1.85. The van der Waals surface area contributed by atoms with E-state index in [0.717, 1.165) is 12.8 Å². The predicted molar refractivity (Wildman–Crippen MR) is 32.3 cm³/mol. The molecule has 0 rings (SSSR count). The number of terminal acetylenes is 1. The van der Waals surface area contributed by atoms with Crippen molar-refractivity contribution in [2.75, 3.05) is 0 Å². The maximum atomic E-state index is 4.89. The van der Waals surface area contributed by atoms with Gasteiger partial charge >= 0.3 is 23.1 Å². The summed E-state index contributed by atoms with van der Waals surface area (Å²) in [6, 6.07) is 0. The lowest BCUT2D eigenvalue weighted by molar-refractivity contribution is 0.984. The van der Waals surface area contributed by atoms with Crippen LogP contribution in [0.5, 0.6) is 0 Å². The van der Waals surface area contributed by atoms with Crippen molar-refractivity contribution in [3.8, 4) is 12.3 Å². The van der Waals surface area contributed by atoms with Gasteiger partial charge in [-0.2, -0.15) is 0 Å². The maximum Gasteiger partial charge on any atom is 0.316 e. The first kappa shape index (κ1) is 9.59. The van der Waals surface area contributed by atoms with Crippen LogP contribution in [0, 0.1) is 12.3 Å². The molecule has 0 spiro atoms. The Bertz CT molecular complexity index is 42.4. The SMILES string of the molecule is C#CCCC.[MgH2]. The molecule has 0 atom stereocenters. The van der Waals surface area contributed by atoms with Crippen LogP contribution in [0.25, 0.3) is 0 Å². The van der Waals surface area contributed by atoms with Gasteiger partial charge in [-0.05, 0) is 6.42 Å². The second-order valence-electron chi connectivity index (χ2n) is 0.954. The largest absolute Gasteiger partial charge is 0.316 e. The summed E-state index contributed by atoms with van der Waals surface area (Å²) in [6.07, 6.45) is 6.91. The third-order valence-corrected chi connectivity index (χ3v) is 0.394. The summed E-state index contributed by atoms with van der Waals surface area (Å²) < 4.78 is 0. The summed E-state index contributed by atoms with van der Waals surface area (Å²) >= 11 is 0. The Morgan fingerprint density at radius 1 is 1.67 bits per heavy atom. The Morgan fingerprint density at radius 2 is 2.17 bits per heavy atom. The Kier molecular flexibility index (Phi) is 14.4. The first-order valence-electron chi connectivity index (χ1n) is 1.85. The van der Waals surface area contributed by atoms with E-state index in [9.17, 15) is 0 Å². The average molecular weight is 94.4 g/mol. The molecule has 0 aliphatic rings. The number of hydrogen-bond donors (Lipinski definition) is 0. The number of unbranched alkanes of at least 4 members (excludes halogenated alkanes) is 1. The molecule has 0 aromatic carbocycles. The van der Waals surface area contributed by atoms with Crippen LogP contribution >= 0.6 is 0 Å². The summed E-state index contributed by atoms with van der Waals surface area (Å²) in [7, 11) is 0. The molecule has 6 heavy (non-hydrogen) atoms. The Labute approximate surface area is 55.5 Å². The lowest BCUT2D eigenvalue weighted by Gasteiger charge is -1.69. The van der Waals surface area contributed by atoms with Gasteiger partial charge in [0.1, 0.15) is 0 Å². The van der Waals surface area contributed by atoms with E-state index in [0.29, 0.717) is 0 Å². The molecule has 0 N–H and O–H groups in total. The van der Waals surface area contributed by atoms with Crippen LogP contribution in [-0.2, 0) is 0 Å². The average Bonchev–Trinajstić information content (AvgIpc) is 1.41. The van der Waals surface area contributed by atoms with Gasteiger partial charge in [-0.1, -0.05) is 6.92 Å². The van der Waals surface area contributed by atoms with Gasteiger partial charge in [0.25, 0.3) is 0 Å². The van der Waals surface area contributed by atoms with Crippen LogP contribution in [0.15, 0.2) is 0 Å². The van der Waals surface area contributed by atoms with Crippen molar-refractivity contribution in [3.63, 3.8) is 0 Å². The van der Waals surface area contributed by atoms with E-state index in [2.05, 4.69) is 12.8 Å². The van der Waals surface area contributed by atoms with Gasteiger partial charge in [-0.15, -0.1) is 12.3 Å². The van der Waals surface area contributed by atoms with Gasteiger partial charge in [0.05, 0.1) is 0 Å². The van der Waals surface area contributed by atoms with Gasteiger partial charge in [0.2, 0.25) is 0 Å².